The third kappa shape index (κ3) is 3.46. The van der Waals surface area contributed by atoms with E-state index in [-0.39, 0.29) is 0 Å². The molecule has 0 fully saturated rings. The van der Waals surface area contributed by atoms with Crippen LogP contribution < -0.4 is 5.73 Å². The van der Waals surface area contributed by atoms with Crippen LogP contribution in [0.1, 0.15) is 18.9 Å². The summed E-state index contributed by atoms with van der Waals surface area (Å²) in [6.07, 6.45) is 1.08. The van der Waals surface area contributed by atoms with Crippen LogP contribution in [0.15, 0.2) is 35.2 Å². The molecule has 1 aromatic rings. The standard InChI is InChI=1S/C12H17NS/c1-9(2)6-7-14-11-4-5-12(13)10(3)8-11/h4-5,8H,1,6-7,13H2,2-3H3. The number of nitrogens with two attached hydrogens (primary N) is 1. The SMILES string of the molecule is C=C(C)CCSc1ccc(N)c(C)c1. The number of aryl methyl sites for hydroxylation is 1. The molecule has 0 aliphatic rings. The summed E-state index contributed by atoms with van der Waals surface area (Å²) < 4.78 is 0. The average molecular weight is 207 g/mol. The molecule has 14 heavy (non-hydrogen) atoms. The van der Waals surface area contributed by atoms with Gasteiger partial charge in [-0.3, -0.25) is 0 Å². The number of hydrogen-bond donors (Lipinski definition) is 1. The summed E-state index contributed by atoms with van der Waals surface area (Å²) in [7, 11) is 0. The summed E-state index contributed by atoms with van der Waals surface area (Å²) in [6.45, 7) is 7.99. The molecule has 0 amide bonds. The van der Waals surface area contributed by atoms with Gasteiger partial charge in [-0.15, -0.1) is 18.3 Å². The molecule has 0 atom stereocenters. The highest BCUT2D eigenvalue weighted by atomic mass is 32.2. The fourth-order valence-electron chi connectivity index (χ4n) is 1.08. The van der Waals surface area contributed by atoms with Gasteiger partial charge in [-0.1, -0.05) is 5.57 Å². The molecule has 76 valence electrons. The van der Waals surface area contributed by atoms with Gasteiger partial charge in [-0.25, -0.2) is 0 Å². The molecule has 0 radical (unpaired) electrons. The van der Waals surface area contributed by atoms with E-state index in [1.807, 2.05) is 24.8 Å². The van der Waals surface area contributed by atoms with Crippen molar-refractivity contribution in [1.82, 2.24) is 0 Å². The van der Waals surface area contributed by atoms with Gasteiger partial charge in [0, 0.05) is 16.3 Å². The molecule has 0 aliphatic carbocycles. The Hall–Kier alpha value is -0.890. The summed E-state index contributed by atoms with van der Waals surface area (Å²) in [5, 5.41) is 0. The first-order valence-electron chi connectivity index (χ1n) is 4.73. The second-order valence-electron chi connectivity index (χ2n) is 3.57. The molecule has 0 heterocycles. The van der Waals surface area contributed by atoms with Crippen LogP contribution in [-0.2, 0) is 0 Å². The lowest BCUT2D eigenvalue weighted by molar-refractivity contribution is 1.12. The van der Waals surface area contributed by atoms with Gasteiger partial charge < -0.3 is 5.73 Å². The van der Waals surface area contributed by atoms with Crippen molar-refractivity contribution in [3.05, 3.63) is 35.9 Å². The Balaban J connectivity index is 2.51. The maximum Gasteiger partial charge on any atom is 0.0344 e. The molecule has 0 bridgehead atoms. The Morgan fingerprint density at radius 1 is 1.50 bits per heavy atom. The van der Waals surface area contributed by atoms with E-state index >= 15 is 0 Å². The van der Waals surface area contributed by atoms with Crippen LogP contribution in [0.3, 0.4) is 0 Å². The highest BCUT2D eigenvalue weighted by Gasteiger charge is 1.97. The molecule has 1 rings (SSSR count). The minimum Gasteiger partial charge on any atom is -0.399 e. The number of anilines is 1. The molecule has 0 unspecified atom stereocenters. The van der Waals surface area contributed by atoms with Crippen molar-refractivity contribution in [3.63, 3.8) is 0 Å². The molecular weight excluding hydrogens is 190 g/mol. The number of hydrogen-bond acceptors (Lipinski definition) is 2. The minimum absolute atomic E-state index is 0.870. The lowest BCUT2D eigenvalue weighted by atomic mass is 10.2. The quantitative estimate of drug-likeness (QED) is 0.463. The number of nitrogen functional groups attached to an aromatic ring is 1. The van der Waals surface area contributed by atoms with Crippen molar-refractivity contribution < 1.29 is 0 Å². The molecule has 1 aromatic carbocycles. The topological polar surface area (TPSA) is 26.0 Å². The monoisotopic (exact) mass is 207 g/mol. The predicted octanol–water partition coefficient (Wildman–Crippen LogP) is 3.64. The Bertz CT molecular complexity index is 331. The van der Waals surface area contributed by atoms with E-state index in [1.54, 1.807) is 0 Å². The molecule has 1 nitrogen and oxygen atoms in total. The van der Waals surface area contributed by atoms with E-state index in [4.69, 9.17) is 5.73 Å². The van der Waals surface area contributed by atoms with Gasteiger partial charge in [-0.05, 0) is 44.0 Å². The minimum atomic E-state index is 0.870. The van der Waals surface area contributed by atoms with E-state index in [9.17, 15) is 0 Å². The van der Waals surface area contributed by atoms with Crippen molar-refractivity contribution >= 4 is 17.4 Å². The molecule has 2 N–H and O–H groups in total. The maximum atomic E-state index is 5.74. The smallest absolute Gasteiger partial charge is 0.0344 e. The molecule has 2 heteroatoms. The van der Waals surface area contributed by atoms with Crippen LogP contribution in [0.5, 0.6) is 0 Å². The summed E-state index contributed by atoms with van der Waals surface area (Å²) in [5.41, 5.74) is 9.01. The van der Waals surface area contributed by atoms with Gasteiger partial charge in [0.25, 0.3) is 0 Å². The van der Waals surface area contributed by atoms with Gasteiger partial charge in [0.05, 0.1) is 0 Å². The van der Waals surface area contributed by atoms with Crippen molar-refractivity contribution in [3.8, 4) is 0 Å². The Kier molecular flexibility index (Phi) is 4.08. The van der Waals surface area contributed by atoms with Crippen molar-refractivity contribution in [2.24, 2.45) is 0 Å². The second kappa shape index (κ2) is 5.11. The summed E-state index contributed by atoms with van der Waals surface area (Å²) in [4.78, 5) is 1.29. The van der Waals surface area contributed by atoms with Crippen LogP contribution in [0.4, 0.5) is 5.69 Å². The summed E-state index contributed by atoms with van der Waals surface area (Å²) in [6, 6.07) is 6.18. The van der Waals surface area contributed by atoms with Crippen LogP contribution in [-0.4, -0.2) is 5.75 Å². The average Bonchev–Trinajstić information content (AvgIpc) is 2.10. The van der Waals surface area contributed by atoms with Gasteiger partial charge in [-0.2, -0.15) is 0 Å². The number of benzene rings is 1. The molecular formula is C12H17NS. The number of thioether (sulfide) groups is 1. The van der Waals surface area contributed by atoms with E-state index in [0.717, 1.165) is 23.4 Å². The first-order chi connectivity index (χ1) is 6.59. The van der Waals surface area contributed by atoms with Crippen LogP contribution in [0.2, 0.25) is 0 Å². The normalized spacial score (nSPS) is 10.1. The summed E-state index contributed by atoms with van der Waals surface area (Å²) >= 11 is 1.86. The third-order valence-corrected chi connectivity index (χ3v) is 3.03. The van der Waals surface area contributed by atoms with Crippen molar-refractivity contribution in [2.75, 3.05) is 11.5 Å². The fourth-order valence-corrected chi connectivity index (χ4v) is 2.19. The van der Waals surface area contributed by atoms with Gasteiger partial charge >= 0.3 is 0 Å². The van der Waals surface area contributed by atoms with E-state index in [2.05, 4.69) is 25.6 Å². The van der Waals surface area contributed by atoms with Gasteiger partial charge in [0.15, 0.2) is 0 Å². The molecule has 0 saturated heterocycles. The van der Waals surface area contributed by atoms with E-state index < -0.39 is 0 Å². The van der Waals surface area contributed by atoms with Gasteiger partial charge in [0.2, 0.25) is 0 Å². The molecule has 0 saturated carbocycles. The number of rotatable bonds is 4. The van der Waals surface area contributed by atoms with Gasteiger partial charge in [0.1, 0.15) is 0 Å². The zero-order valence-electron chi connectivity index (χ0n) is 8.84. The lowest BCUT2D eigenvalue weighted by Gasteiger charge is -2.04. The van der Waals surface area contributed by atoms with Crippen molar-refractivity contribution in [1.29, 1.82) is 0 Å². The molecule has 0 aliphatic heterocycles. The first kappa shape index (κ1) is 11.2. The Morgan fingerprint density at radius 2 is 2.21 bits per heavy atom. The highest BCUT2D eigenvalue weighted by Crippen LogP contribution is 2.23. The first-order valence-corrected chi connectivity index (χ1v) is 5.71. The predicted molar refractivity (Wildman–Crippen MR) is 65.7 cm³/mol. The molecule has 0 spiro atoms. The third-order valence-electron chi connectivity index (χ3n) is 2.04. The Morgan fingerprint density at radius 3 is 2.79 bits per heavy atom. The summed E-state index contributed by atoms with van der Waals surface area (Å²) in [5.74, 6) is 1.10. The fraction of sp³-hybridized carbons (Fsp3) is 0.333. The highest BCUT2D eigenvalue weighted by molar-refractivity contribution is 7.99. The molecule has 0 aromatic heterocycles. The van der Waals surface area contributed by atoms with Crippen LogP contribution >= 0.6 is 11.8 Å². The second-order valence-corrected chi connectivity index (χ2v) is 4.74. The maximum absolute atomic E-state index is 5.74. The van der Waals surface area contributed by atoms with Crippen LogP contribution in [0, 0.1) is 6.92 Å². The van der Waals surface area contributed by atoms with Crippen molar-refractivity contribution in [2.45, 2.75) is 25.2 Å². The zero-order valence-corrected chi connectivity index (χ0v) is 9.66. The lowest BCUT2D eigenvalue weighted by Crippen LogP contribution is -1.89. The van der Waals surface area contributed by atoms with E-state index in [1.165, 1.54) is 10.5 Å². The Labute approximate surface area is 90.4 Å². The zero-order chi connectivity index (χ0) is 10.6. The van der Waals surface area contributed by atoms with E-state index in [0.29, 0.717) is 0 Å². The van der Waals surface area contributed by atoms with Crippen LogP contribution in [0.25, 0.3) is 0 Å². The largest absolute Gasteiger partial charge is 0.399 e. The number of allylic oxidation sites excluding steroid dienone is 1.